The maximum absolute atomic E-state index is 13.1. The number of rotatable bonds is 1. The van der Waals surface area contributed by atoms with E-state index in [1.165, 1.54) is 15.3 Å². The van der Waals surface area contributed by atoms with Gasteiger partial charge in [-0.3, -0.25) is 14.0 Å². The summed E-state index contributed by atoms with van der Waals surface area (Å²) in [7, 11) is 1.65. The van der Waals surface area contributed by atoms with Crippen LogP contribution in [0.3, 0.4) is 0 Å². The van der Waals surface area contributed by atoms with E-state index >= 15 is 0 Å². The number of alkyl halides is 3. The van der Waals surface area contributed by atoms with Gasteiger partial charge in [0.2, 0.25) is 0 Å². The van der Waals surface area contributed by atoms with Crippen LogP contribution in [0.5, 0.6) is 0 Å². The number of hydrogen-bond donors (Lipinski definition) is 0. The van der Waals surface area contributed by atoms with Gasteiger partial charge in [-0.1, -0.05) is 18.2 Å². The molecule has 8 heteroatoms. The molecule has 0 aliphatic carbocycles. The summed E-state index contributed by atoms with van der Waals surface area (Å²) in [6.45, 7) is 0. The van der Waals surface area contributed by atoms with Gasteiger partial charge in [0.1, 0.15) is 11.3 Å². The zero-order valence-electron chi connectivity index (χ0n) is 12.9. The summed E-state index contributed by atoms with van der Waals surface area (Å²) in [5, 5.41) is 5.05. The third-order valence-electron chi connectivity index (χ3n) is 3.92. The molecule has 0 aliphatic heterocycles. The number of aryl methyl sites for hydroxylation is 1. The molecule has 0 aliphatic rings. The number of aromatic nitrogens is 4. The van der Waals surface area contributed by atoms with Crippen LogP contribution in [0, 0.1) is 0 Å². The first-order valence-electron chi connectivity index (χ1n) is 7.38. The predicted octanol–water partition coefficient (Wildman–Crippen LogP) is 3.29. The van der Waals surface area contributed by atoms with Gasteiger partial charge in [-0.05, 0) is 24.3 Å². The van der Waals surface area contributed by atoms with Crippen LogP contribution >= 0.6 is 0 Å². The fourth-order valence-corrected chi connectivity index (χ4v) is 2.85. The molecule has 4 aromatic rings. The second kappa shape index (κ2) is 5.17. The lowest BCUT2D eigenvalue weighted by atomic mass is 10.1. The molecule has 0 fully saturated rings. The highest BCUT2D eigenvalue weighted by molar-refractivity contribution is 6.03. The summed E-state index contributed by atoms with van der Waals surface area (Å²) >= 11 is 0. The number of halogens is 3. The Bertz CT molecular complexity index is 1160. The number of pyridine rings is 2. The number of fused-ring (bicyclic) bond motifs is 3. The van der Waals surface area contributed by atoms with Gasteiger partial charge in [-0.2, -0.15) is 18.3 Å². The van der Waals surface area contributed by atoms with Gasteiger partial charge in [-0.25, -0.2) is 4.98 Å². The number of benzene rings is 1. The van der Waals surface area contributed by atoms with Gasteiger partial charge in [0.05, 0.1) is 5.69 Å². The van der Waals surface area contributed by atoms with Crippen molar-refractivity contribution in [2.75, 3.05) is 0 Å². The van der Waals surface area contributed by atoms with Gasteiger partial charge >= 0.3 is 6.18 Å². The first kappa shape index (κ1) is 15.4. The van der Waals surface area contributed by atoms with E-state index in [1.54, 1.807) is 43.6 Å². The first-order valence-corrected chi connectivity index (χ1v) is 7.38. The molecular weight excluding hydrogens is 333 g/mol. The fourth-order valence-electron chi connectivity index (χ4n) is 2.85. The van der Waals surface area contributed by atoms with Crippen molar-refractivity contribution in [3.63, 3.8) is 0 Å². The van der Waals surface area contributed by atoms with Crippen LogP contribution in [0.4, 0.5) is 13.2 Å². The van der Waals surface area contributed by atoms with Crippen LogP contribution in [0.25, 0.3) is 27.6 Å². The number of para-hydroxylation sites is 1. The molecule has 0 saturated carbocycles. The topological polar surface area (TPSA) is 52.7 Å². The zero-order valence-corrected chi connectivity index (χ0v) is 12.9. The molecule has 25 heavy (non-hydrogen) atoms. The fraction of sp³-hybridized carbons (Fsp3) is 0.118. The third kappa shape index (κ3) is 2.37. The Labute approximate surface area is 138 Å². The highest BCUT2D eigenvalue weighted by Gasteiger charge is 2.33. The van der Waals surface area contributed by atoms with Gasteiger partial charge in [0.15, 0.2) is 5.52 Å². The van der Waals surface area contributed by atoms with Crippen LogP contribution in [0.1, 0.15) is 5.69 Å². The largest absolute Gasteiger partial charge is 0.433 e. The lowest BCUT2D eigenvalue weighted by Gasteiger charge is -2.12. The Morgan fingerprint density at radius 1 is 1.00 bits per heavy atom. The smallest absolute Gasteiger partial charge is 0.274 e. The Kier molecular flexibility index (Phi) is 3.18. The molecule has 3 aromatic heterocycles. The second-order valence-corrected chi connectivity index (χ2v) is 5.61. The lowest BCUT2D eigenvalue weighted by Crippen LogP contribution is -2.21. The van der Waals surface area contributed by atoms with E-state index < -0.39 is 17.4 Å². The van der Waals surface area contributed by atoms with Crippen molar-refractivity contribution in [1.29, 1.82) is 0 Å². The standard InChI is InChI=1S/C17H11F3N4O/c1-23-9-12-11-7-8-13(17(18,19)20)21-15(11)24(16(25)14(12)22-23)10-5-3-2-4-6-10/h2-9H,1H3. The molecule has 0 spiro atoms. The van der Waals surface area contributed by atoms with E-state index in [-0.39, 0.29) is 11.2 Å². The van der Waals surface area contributed by atoms with Crippen LogP contribution in [0.2, 0.25) is 0 Å². The van der Waals surface area contributed by atoms with Crippen molar-refractivity contribution in [1.82, 2.24) is 19.3 Å². The summed E-state index contributed by atoms with van der Waals surface area (Å²) in [4.78, 5) is 16.6. The Balaban J connectivity index is 2.22. The number of nitrogens with zero attached hydrogens (tertiary/aromatic N) is 4. The van der Waals surface area contributed by atoms with Gasteiger partial charge in [0, 0.05) is 24.0 Å². The predicted molar refractivity (Wildman–Crippen MR) is 86.6 cm³/mol. The Morgan fingerprint density at radius 2 is 1.72 bits per heavy atom. The molecule has 0 bridgehead atoms. The van der Waals surface area contributed by atoms with Crippen LogP contribution in [-0.4, -0.2) is 19.3 Å². The van der Waals surface area contributed by atoms with E-state index in [2.05, 4.69) is 10.1 Å². The van der Waals surface area contributed by atoms with E-state index in [9.17, 15) is 18.0 Å². The van der Waals surface area contributed by atoms with Crippen molar-refractivity contribution in [3.05, 3.63) is 64.7 Å². The second-order valence-electron chi connectivity index (χ2n) is 5.61. The van der Waals surface area contributed by atoms with E-state index in [0.717, 1.165) is 6.07 Å². The van der Waals surface area contributed by atoms with Crippen molar-refractivity contribution >= 4 is 21.9 Å². The van der Waals surface area contributed by atoms with Gasteiger partial charge in [-0.15, -0.1) is 0 Å². The minimum atomic E-state index is -4.60. The number of hydrogen-bond acceptors (Lipinski definition) is 3. The molecule has 1 aromatic carbocycles. The average Bonchev–Trinajstić information content (AvgIpc) is 2.97. The first-order chi connectivity index (χ1) is 11.9. The van der Waals surface area contributed by atoms with Crippen molar-refractivity contribution in [3.8, 4) is 5.69 Å². The van der Waals surface area contributed by atoms with Crippen LogP contribution < -0.4 is 5.56 Å². The molecular formula is C17H11F3N4O. The van der Waals surface area contributed by atoms with Crippen LogP contribution in [-0.2, 0) is 13.2 Å². The quantitative estimate of drug-likeness (QED) is 0.532. The summed E-state index contributed by atoms with van der Waals surface area (Å²) in [6.07, 6.45) is -3.00. The van der Waals surface area contributed by atoms with E-state index in [0.29, 0.717) is 16.5 Å². The van der Waals surface area contributed by atoms with Gasteiger partial charge in [0.25, 0.3) is 5.56 Å². The molecule has 126 valence electrons. The maximum Gasteiger partial charge on any atom is 0.433 e. The summed E-state index contributed by atoms with van der Waals surface area (Å²) < 4.78 is 41.9. The minimum Gasteiger partial charge on any atom is -0.274 e. The molecule has 3 heterocycles. The SMILES string of the molecule is Cn1cc2c(n1)c(=O)n(-c1ccccc1)c1nc(C(F)(F)F)ccc21. The molecule has 0 atom stereocenters. The van der Waals surface area contributed by atoms with E-state index in [4.69, 9.17) is 0 Å². The third-order valence-corrected chi connectivity index (χ3v) is 3.92. The maximum atomic E-state index is 13.1. The average molecular weight is 344 g/mol. The highest BCUT2D eigenvalue weighted by atomic mass is 19.4. The summed E-state index contributed by atoms with van der Waals surface area (Å²) in [5.41, 5.74) is -1.00. The molecule has 0 N–H and O–H groups in total. The van der Waals surface area contributed by atoms with Gasteiger partial charge < -0.3 is 0 Å². The summed E-state index contributed by atoms with van der Waals surface area (Å²) in [5.74, 6) is 0. The summed E-state index contributed by atoms with van der Waals surface area (Å²) in [6, 6.07) is 10.7. The zero-order chi connectivity index (χ0) is 17.8. The Hall–Kier alpha value is -3.16. The van der Waals surface area contributed by atoms with Crippen molar-refractivity contribution in [2.45, 2.75) is 6.18 Å². The molecule has 0 unspecified atom stereocenters. The Morgan fingerprint density at radius 3 is 2.40 bits per heavy atom. The molecule has 0 amide bonds. The molecule has 0 radical (unpaired) electrons. The lowest BCUT2D eigenvalue weighted by molar-refractivity contribution is -0.141. The normalized spacial score (nSPS) is 12.2. The van der Waals surface area contributed by atoms with Crippen molar-refractivity contribution < 1.29 is 13.2 Å². The van der Waals surface area contributed by atoms with Crippen LogP contribution in [0.15, 0.2) is 53.5 Å². The monoisotopic (exact) mass is 344 g/mol. The molecule has 4 rings (SSSR count). The molecule has 0 saturated heterocycles. The van der Waals surface area contributed by atoms with Crippen molar-refractivity contribution in [2.24, 2.45) is 7.05 Å². The molecule has 5 nitrogen and oxygen atoms in total. The van der Waals surface area contributed by atoms with E-state index in [1.807, 2.05) is 0 Å². The minimum absolute atomic E-state index is 0.0495. The highest BCUT2D eigenvalue weighted by Crippen LogP contribution is 2.31.